The van der Waals surface area contributed by atoms with E-state index in [0.717, 1.165) is 35.1 Å². The summed E-state index contributed by atoms with van der Waals surface area (Å²) in [5.74, 6) is 1.30. The number of urea groups is 1. The molecule has 41 heavy (non-hydrogen) atoms. The predicted octanol–water partition coefficient (Wildman–Crippen LogP) is 4.22. The van der Waals surface area contributed by atoms with E-state index in [-0.39, 0.29) is 12.6 Å². The normalized spacial score (nSPS) is 15.9. The van der Waals surface area contributed by atoms with E-state index in [0.29, 0.717) is 55.5 Å². The number of hydrogen-bond donors (Lipinski definition) is 2. The molecule has 0 bridgehead atoms. The molecule has 1 aromatic heterocycles. The van der Waals surface area contributed by atoms with Crippen molar-refractivity contribution in [3.8, 4) is 17.6 Å². The molecule has 10 nitrogen and oxygen atoms in total. The maximum absolute atomic E-state index is 12.9. The number of aromatic nitrogens is 1. The highest BCUT2D eigenvalue weighted by molar-refractivity contribution is 5.96. The van der Waals surface area contributed by atoms with E-state index in [1.165, 1.54) is 32.4 Å². The third-order valence-electron chi connectivity index (χ3n) is 7.84. The average molecular weight is 559 g/mol. The number of piperidine rings is 1. The highest BCUT2D eigenvalue weighted by Gasteiger charge is 2.25. The van der Waals surface area contributed by atoms with E-state index in [1.54, 1.807) is 42.5 Å². The van der Waals surface area contributed by atoms with Gasteiger partial charge in [0, 0.05) is 61.6 Å². The van der Waals surface area contributed by atoms with Crippen LogP contribution in [0.1, 0.15) is 36.8 Å². The van der Waals surface area contributed by atoms with Gasteiger partial charge >= 0.3 is 6.03 Å². The summed E-state index contributed by atoms with van der Waals surface area (Å²) >= 11 is 0. The van der Waals surface area contributed by atoms with Gasteiger partial charge in [0.05, 0.1) is 43.2 Å². The lowest BCUT2D eigenvalue weighted by atomic mass is 10.1. The molecule has 10 heteroatoms. The van der Waals surface area contributed by atoms with Crippen LogP contribution in [0.2, 0.25) is 0 Å². The van der Waals surface area contributed by atoms with Crippen LogP contribution >= 0.6 is 0 Å². The second-order valence-electron chi connectivity index (χ2n) is 10.5. The minimum Gasteiger partial charge on any atom is -0.493 e. The number of carbonyl (C=O) groups is 1. The average Bonchev–Trinajstić information content (AvgIpc) is 3.03. The maximum atomic E-state index is 12.9. The van der Waals surface area contributed by atoms with Crippen molar-refractivity contribution in [2.75, 3.05) is 69.7 Å². The van der Waals surface area contributed by atoms with Gasteiger partial charge in [-0.2, -0.15) is 5.26 Å². The van der Waals surface area contributed by atoms with Crippen LogP contribution in [0.4, 0.5) is 16.2 Å². The van der Waals surface area contributed by atoms with Crippen LogP contribution in [0.5, 0.6) is 11.5 Å². The smallest absolute Gasteiger partial charge is 0.321 e. The van der Waals surface area contributed by atoms with Gasteiger partial charge < -0.3 is 34.6 Å². The molecule has 0 radical (unpaired) electrons. The number of likely N-dealkylation sites (tertiary alicyclic amines) is 1. The Morgan fingerprint density at radius 2 is 1.80 bits per heavy atom. The molecular weight excluding hydrogens is 520 g/mol. The van der Waals surface area contributed by atoms with Gasteiger partial charge in [-0.15, -0.1) is 0 Å². The van der Waals surface area contributed by atoms with Gasteiger partial charge in [-0.1, -0.05) is 6.42 Å². The lowest BCUT2D eigenvalue weighted by Gasteiger charge is -2.37. The monoisotopic (exact) mass is 558 g/mol. The molecule has 0 unspecified atom stereocenters. The van der Waals surface area contributed by atoms with Crippen molar-refractivity contribution >= 4 is 28.3 Å². The minimum absolute atomic E-state index is 0.144. The fourth-order valence-electron chi connectivity index (χ4n) is 5.61. The number of piperazine rings is 1. The fourth-order valence-corrected chi connectivity index (χ4v) is 5.61. The van der Waals surface area contributed by atoms with Crippen molar-refractivity contribution in [2.45, 2.75) is 32.3 Å². The zero-order valence-electron chi connectivity index (χ0n) is 23.6. The van der Waals surface area contributed by atoms with Crippen LogP contribution in [-0.4, -0.2) is 85.5 Å². The zero-order valence-corrected chi connectivity index (χ0v) is 23.6. The van der Waals surface area contributed by atoms with Crippen molar-refractivity contribution in [1.29, 1.82) is 5.26 Å². The number of pyridine rings is 1. The highest BCUT2D eigenvalue weighted by atomic mass is 16.5. The number of fused-ring (bicyclic) bond motifs is 1. The van der Waals surface area contributed by atoms with Crippen LogP contribution < -0.4 is 19.7 Å². The van der Waals surface area contributed by atoms with Gasteiger partial charge in [-0.25, -0.2) is 4.79 Å². The quantitative estimate of drug-likeness (QED) is 0.376. The van der Waals surface area contributed by atoms with Crippen molar-refractivity contribution in [3.05, 3.63) is 53.7 Å². The Bertz CT molecular complexity index is 1380. The van der Waals surface area contributed by atoms with Crippen LogP contribution in [0.15, 0.2) is 42.6 Å². The van der Waals surface area contributed by atoms with Gasteiger partial charge in [0.25, 0.3) is 0 Å². The van der Waals surface area contributed by atoms with Crippen LogP contribution in [0, 0.1) is 11.3 Å². The van der Waals surface area contributed by atoms with E-state index in [4.69, 9.17) is 14.7 Å². The summed E-state index contributed by atoms with van der Waals surface area (Å²) in [4.78, 5) is 24.0. The second kappa shape index (κ2) is 13.5. The number of rotatable bonds is 9. The van der Waals surface area contributed by atoms with Crippen LogP contribution in [0.25, 0.3) is 10.9 Å². The van der Waals surface area contributed by atoms with Crippen molar-refractivity contribution in [2.24, 2.45) is 0 Å². The van der Waals surface area contributed by atoms with Crippen LogP contribution in [-0.2, 0) is 6.61 Å². The molecule has 2 saturated heterocycles. The molecule has 3 aromatic rings. The Morgan fingerprint density at radius 1 is 1.05 bits per heavy atom. The molecule has 2 aliphatic rings. The number of ether oxygens (including phenoxy) is 2. The zero-order chi connectivity index (χ0) is 28.6. The van der Waals surface area contributed by atoms with Gasteiger partial charge in [0.15, 0.2) is 11.5 Å². The topological polar surface area (TPSA) is 114 Å². The Labute approximate surface area is 241 Å². The Balaban J connectivity index is 1.26. The van der Waals surface area contributed by atoms with E-state index >= 15 is 0 Å². The lowest BCUT2D eigenvalue weighted by molar-refractivity contribution is 0.203. The number of methoxy groups -OCH3 is 1. The summed E-state index contributed by atoms with van der Waals surface area (Å²) in [6.45, 7) is 6.09. The van der Waals surface area contributed by atoms with Gasteiger partial charge in [-0.3, -0.25) is 4.98 Å². The predicted molar refractivity (Wildman–Crippen MR) is 159 cm³/mol. The summed E-state index contributed by atoms with van der Waals surface area (Å²) < 4.78 is 11.9. The summed E-state index contributed by atoms with van der Waals surface area (Å²) in [7, 11) is 1.63. The number of aliphatic hydroxyl groups excluding tert-OH is 1. The summed E-state index contributed by atoms with van der Waals surface area (Å²) in [6.07, 6.45) is 6.56. The number of nitrogens with one attached hydrogen (secondary N) is 1. The van der Waals surface area contributed by atoms with E-state index in [9.17, 15) is 9.90 Å². The number of carbonyl (C=O) groups excluding carboxylic acids is 1. The minimum atomic E-state index is -0.180. The highest BCUT2D eigenvalue weighted by Crippen LogP contribution is 2.38. The molecule has 0 aliphatic carbocycles. The molecule has 3 heterocycles. The molecule has 216 valence electrons. The SMILES string of the molecule is COc1cc2c(N3CCN(C(=O)Nc4ccc(C#N)cc4)CC3)c(CO)cnc2cc1OCCCN1CCCCC1. The lowest BCUT2D eigenvalue weighted by Crippen LogP contribution is -2.50. The molecule has 0 spiro atoms. The summed E-state index contributed by atoms with van der Waals surface area (Å²) in [6, 6.07) is 12.6. The number of benzene rings is 2. The third kappa shape index (κ3) is 6.81. The van der Waals surface area contributed by atoms with Crippen molar-refractivity contribution in [3.63, 3.8) is 0 Å². The molecule has 5 rings (SSSR count). The number of hydrogen-bond acceptors (Lipinski definition) is 8. The molecule has 2 aliphatic heterocycles. The number of nitrogens with zero attached hydrogens (tertiary/aromatic N) is 5. The standard InChI is InChI=1S/C31H38N6O4/c1-40-28-18-26-27(19-29(28)41-17-5-12-35-10-3-2-4-11-35)33-21-24(22-38)30(26)36-13-15-37(16-14-36)31(39)34-25-8-6-23(20-32)7-9-25/h6-9,18-19,21,38H,2-5,10-17,22H2,1H3,(H,34,39). The van der Waals surface area contributed by atoms with Gasteiger partial charge in [0.2, 0.25) is 0 Å². The number of anilines is 2. The first kappa shape index (κ1) is 28.5. The molecule has 2 N–H and O–H groups in total. The first-order valence-electron chi connectivity index (χ1n) is 14.4. The maximum Gasteiger partial charge on any atom is 0.321 e. The van der Waals surface area contributed by atoms with E-state index < -0.39 is 0 Å². The number of nitriles is 1. The van der Waals surface area contributed by atoms with Crippen LogP contribution in [0.3, 0.4) is 0 Å². The van der Waals surface area contributed by atoms with E-state index in [2.05, 4.69) is 26.2 Å². The van der Waals surface area contributed by atoms with Gasteiger partial charge in [0.1, 0.15) is 0 Å². The second-order valence-corrected chi connectivity index (χ2v) is 10.5. The first-order chi connectivity index (χ1) is 20.1. The summed E-state index contributed by atoms with van der Waals surface area (Å²) in [5.41, 5.74) is 3.59. The Morgan fingerprint density at radius 3 is 2.49 bits per heavy atom. The Kier molecular flexibility index (Phi) is 9.39. The van der Waals surface area contributed by atoms with Crippen molar-refractivity contribution in [1.82, 2.24) is 14.8 Å². The molecular formula is C31H38N6O4. The molecule has 2 fully saturated rings. The van der Waals surface area contributed by atoms with Crippen molar-refractivity contribution < 1.29 is 19.4 Å². The Hall–Kier alpha value is -4.07. The third-order valence-corrected chi connectivity index (χ3v) is 7.84. The summed E-state index contributed by atoms with van der Waals surface area (Å²) in [5, 5.41) is 22.9. The van der Waals surface area contributed by atoms with Gasteiger partial charge in [-0.05, 0) is 62.7 Å². The number of amides is 2. The fraction of sp³-hybridized carbons (Fsp3) is 0.452. The molecule has 2 amide bonds. The van der Waals surface area contributed by atoms with E-state index in [1.807, 2.05) is 12.1 Å². The molecule has 2 aromatic carbocycles. The first-order valence-corrected chi connectivity index (χ1v) is 14.4. The number of aliphatic hydroxyl groups is 1. The molecule has 0 saturated carbocycles. The largest absolute Gasteiger partial charge is 0.493 e. The molecule has 0 atom stereocenters.